The molecule has 3 N–H and O–H groups in total. The molecule has 0 aliphatic rings. The van der Waals surface area contributed by atoms with Crippen molar-refractivity contribution in [3.8, 4) is 0 Å². The Balaban J connectivity index is 0.00000625. The van der Waals surface area contributed by atoms with Crippen LogP contribution in [0.3, 0.4) is 0 Å². The second-order valence-corrected chi connectivity index (χ2v) is 6.67. The third-order valence-electron chi connectivity index (χ3n) is 3.78. The average Bonchev–Trinajstić information content (AvgIpc) is 2.55. The molecule has 1 aromatic carbocycles. The SMILES string of the molecule is CN=C(NCCNC(=O)Cc1cccc(F)c1)NC(C)CCC(C)C.I. The fourth-order valence-electron chi connectivity index (χ4n) is 2.36. The third-order valence-corrected chi connectivity index (χ3v) is 3.78. The van der Waals surface area contributed by atoms with Crippen LogP contribution in [0.4, 0.5) is 4.39 Å². The van der Waals surface area contributed by atoms with Crippen molar-refractivity contribution in [1.29, 1.82) is 0 Å². The number of halogens is 2. The fraction of sp³-hybridized carbons (Fsp3) is 0.579. The van der Waals surface area contributed by atoms with Gasteiger partial charge in [0.25, 0.3) is 0 Å². The van der Waals surface area contributed by atoms with E-state index >= 15 is 0 Å². The summed E-state index contributed by atoms with van der Waals surface area (Å²) in [6.45, 7) is 7.62. The Kier molecular flexibility index (Phi) is 13.0. The predicted octanol–water partition coefficient (Wildman–Crippen LogP) is 3.09. The lowest BCUT2D eigenvalue weighted by molar-refractivity contribution is -0.120. The molecule has 0 saturated carbocycles. The standard InChI is InChI=1S/C19H31FN4O.HI/c1-14(2)8-9-15(3)24-19(21-4)23-11-10-22-18(25)13-16-6-5-7-17(20)12-16;/h5-7,12,14-15H,8-11,13H2,1-4H3,(H,22,25)(H2,21,23,24);1H. The lowest BCUT2D eigenvalue weighted by Crippen LogP contribution is -2.45. The summed E-state index contributed by atoms with van der Waals surface area (Å²) >= 11 is 0. The van der Waals surface area contributed by atoms with E-state index in [2.05, 4.69) is 41.7 Å². The number of rotatable bonds is 9. The summed E-state index contributed by atoms with van der Waals surface area (Å²) in [4.78, 5) is 16.0. The van der Waals surface area contributed by atoms with Gasteiger partial charge in [-0.2, -0.15) is 0 Å². The van der Waals surface area contributed by atoms with Crippen molar-refractivity contribution in [2.24, 2.45) is 10.9 Å². The summed E-state index contributed by atoms with van der Waals surface area (Å²) in [5, 5.41) is 9.34. The largest absolute Gasteiger partial charge is 0.355 e. The molecule has 0 saturated heterocycles. The van der Waals surface area contributed by atoms with Crippen LogP contribution in [0.15, 0.2) is 29.3 Å². The number of nitrogens with one attached hydrogen (secondary N) is 3. The minimum atomic E-state index is -0.326. The van der Waals surface area contributed by atoms with E-state index in [0.717, 1.165) is 12.4 Å². The Hall–Kier alpha value is -1.38. The molecule has 0 heterocycles. The Labute approximate surface area is 173 Å². The maximum atomic E-state index is 13.1. The molecule has 1 atom stereocenters. The van der Waals surface area contributed by atoms with Crippen LogP contribution in [0.1, 0.15) is 39.2 Å². The van der Waals surface area contributed by atoms with Crippen LogP contribution < -0.4 is 16.0 Å². The molecule has 0 aromatic heterocycles. The molecule has 26 heavy (non-hydrogen) atoms. The van der Waals surface area contributed by atoms with Gasteiger partial charge >= 0.3 is 0 Å². The zero-order valence-corrected chi connectivity index (χ0v) is 18.5. The van der Waals surface area contributed by atoms with Gasteiger partial charge in [0.1, 0.15) is 5.82 Å². The van der Waals surface area contributed by atoms with Gasteiger partial charge in [0.05, 0.1) is 6.42 Å². The molecular weight excluding hydrogens is 446 g/mol. The Bertz CT molecular complexity index is 566. The molecule has 1 rings (SSSR count). The van der Waals surface area contributed by atoms with Crippen molar-refractivity contribution in [3.63, 3.8) is 0 Å². The molecule has 0 radical (unpaired) electrons. The van der Waals surface area contributed by atoms with Crippen molar-refractivity contribution in [3.05, 3.63) is 35.6 Å². The van der Waals surface area contributed by atoms with Crippen molar-refractivity contribution in [2.45, 2.75) is 46.1 Å². The summed E-state index contributed by atoms with van der Waals surface area (Å²) in [5.74, 6) is 0.970. The lowest BCUT2D eigenvalue weighted by atomic mass is 10.0. The molecule has 7 heteroatoms. The minimum Gasteiger partial charge on any atom is -0.355 e. The maximum Gasteiger partial charge on any atom is 0.224 e. The topological polar surface area (TPSA) is 65.5 Å². The highest BCUT2D eigenvalue weighted by Crippen LogP contribution is 2.06. The Morgan fingerprint density at radius 3 is 2.46 bits per heavy atom. The van der Waals surface area contributed by atoms with Gasteiger partial charge in [-0.05, 0) is 43.4 Å². The molecule has 1 unspecified atom stereocenters. The van der Waals surface area contributed by atoms with Crippen molar-refractivity contribution >= 4 is 35.8 Å². The number of aliphatic imine (C=N–C) groups is 1. The van der Waals surface area contributed by atoms with Crippen LogP contribution in [-0.2, 0) is 11.2 Å². The van der Waals surface area contributed by atoms with Crippen LogP contribution in [0.25, 0.3) is 0 Å². The summed E-state index contributed by atoms with van der Waals surface area (Å²) < 4.78 is 13.1. The monoisotopic (exact) mass is 478 g/mol. The van der Waals surface area contributed by atoms with Crippen LogP contribution in [-0.4, -0.2) is 38.0 Å². The first kappa shape index (κ1) is 24.6. The average molecular weight is 478 g/mol. The second-order valence-electron chi connectivity index (χ2n) is 6.67. The van der Waals surface area contributed by atoms with Crippen molar-refractivity contribution in [1.82, 2.24) is 16.0 Å². The molecule has 0 aliphatic heterocycles. The summed E-state index contributed by atoms with van der Waals surface area (Å²) in [6, 6.07) is 6.44. The molecule has 0 bridgehead atoms. The van der Waals surface area contributed by atoms with Gasteiger partial charge in [0.2, 0.25) is 5.91 Å². The van der Waals surface area contributed by atoms with Crippen LogP contribution in [0.5, 0.6) is 0 Å². The zero-order valence-electron chi connectivity index (χ0n) is 16.1. The summed E-state index contributed by atoms with van der Waals surface area (Å²) in [5.41, 5.74) is 0.668. The first-order chi connectivity index (χ1) is 11.9. The number of carbonyl (C=O) groups is 1. The van der Waals surface area contributed by atoms with Crippen LogP contribution >= 0.6 is 24.0 Å². The highest BCUT2D eigenvalue weighted by molar-refractivity contribution is 14.0. The number of nitrogens with zero attached hydrogens (tertiary/aromatic N) is 1. The Morgan fingerprint density at radius 2 is 1.85 bits per heavy atom. The zero-order chi connectivity index (χ0) is 18.7. The number of amides is 1. The number of carbonyl (C=O) groups excluding carboxylic acids is 1. The van der Waals surface area contributed by atoms with E-state index in [1.165, 1.54) is 18.6 Å². The molecule has 5 nitrogen and oxygen atoms in total. The molecule has 0 spiro atoms. The van der Waals surface area contributed by atoms with Gasteiger partial charge in [-0.25, -0.2) is 4.39 Å². The predicted molar refractivity (Wildman–Crippen MR) is 117 cm³/mol. The fourth-order valence-corrected chi connectivity index (χ4v) is 2.36. The van der Waals surface area contributed by atoms with E-state index < -0.39 is 0 Å². The van der Waals surface area contributed by atoms with Gasteiger partial charge in [0.15, 0.2) is 5.96 Å². The van der Waals surface area contributed by atoms with Crippen molar-refractivity contribution < 1.29 is 9.18 Å². The summed E-state index contributed by atoms with van der Waals surface area (Å²) in [6.07, 6.45) is 2.43. The molecular formula is C19H32FIN4O. The van der Waals surface area contributed by atoms with Crippen LogP contribution in [0, 0.1) is 11.7 Å². The van der Waals surface area contributed by atoms with E-state index in [1.807, 2.05) is 0 Å². The van der Waals surface area contributed by atoms with Crippen molar-refractivity contribution in [2.75, 3.05) is 20.1 Å². The first-order valence-electron chi connectivity index (χ1n) is 8.89. The number of benzene rings is 1. The molecule has 1 amide bonds. The van der Waals surface area contributed by atoms with E-state index in [4.69, 9.17) is 0 Å². The van der Waals surface area contributed by atoms with Gasteiger partial charge < -0.3 is 16.0 Å². The number of hydrogen-bond donors (Lipinski definition) is 3. The normalized spacial score (nSPS) is 12.3. The van der Waals surface area contributed by atoms with E-state index in [-0.39, 0.29) is 42.1 Å². The number of guanidine groups is 1. The van der Waals surface area contributed by atoms with Crippen LogP contribution in [0.2, 0.25) is 0 Å². The minimum absolute atomic E-state index is 0. The highest BCUT2D eigenvalue weighted by atomic mass is 127. The molecule has 1 aromatic rings. The highest BCUT2D eigenvalue weighted by Gasteiger charge is 2.07. The van der Waals surface area contributed by atoms with E-state index in [9.17, 15) is 9.18 Å². The smallest absolute Gasteiger partial charge is 0.224 e. The van der Waals surface area contributed by atoms with Gasteiger partial charge in [-0.15, -0.1) is 24.0 Å². The maximum absolute atomic E-state index is 13.1. The first-order valence-corrected chi connectivity index (χ1v) is 8.89. The van der Waals surface area contributed by atoms with Gasteiger partial charge in [-0.1, -0.05) is 26.0 Å². The molecule has 0 aliphatic carbocycles. The van der Waals surface area contributed by atoms with E-state index in [1.54, 1.807) is 19.2 Å². The molecule has 0 fully saturated rings. The second kappa shape index (κ2) is 13.8. The lowest BCUT2D eigenvalue weighted by Gasteiger charge is -2.18. The summed E-state index contributed by atoms with van der Waals surface area (Å²) in [7, 11) is 1.73. The number of hydrogen-bond acceptors (Lipinski definition) is 2. The quantitative estimate of drug-likeness (QED) is 0.221. The Morgan fingerprint density at radius 1 is 1.15 bits per heavy atom. The van der Waals surface area contributed by atoms with Gasteiger partial charge in [-0.3, -0.25) is 9.79 Å². The van der Waals surface area contributed by atoms with E-state index in [0.29, 0.717) is 30.6 Å². The third kappa shape index (κ3) is 11.3. The molecule has 148 valence electrons. The van der Waals surface area contributed by atoms with Gasteiger partial charge in [0, 0.05) is 26.2 Å².